The quantitative estimate of drug-likeness (QED) is 0.870. The van der Waals surface area contributed by atoms with Gasteiger partial charge in [-0.25, -0.2) is 4.79 Å². The third-order valence-corrected chi connectivity index (χ3v) is 3.67. The molecule has 0 radical (unpaired) electrons. The second-order valence-corrected chi connectivity index (χ2v) is 4.79. The Kier molecular flexibility index (Phi) is 3.66. The van der Waals surface area contributed by atoms with Gasteiger partial charge in [0.05, 0.1) is 5.56 Å². The fraction of sp³-hybridized carbons (Fsp3) is 0.312. The summed E-state index contributed by atoms with van der Waals surface area (Å²) in [4.78, 5) is 11.2. The van der Waals surface area contributed by atoms with Crippen LogP contribution >= 0.6 is 0 Å². The number of rotatable bonds is 3. The van der Waals surface area contributed by atoms with E-state index in [1.807, 2.05) is 12.1 Å². The van der Waals surface area contributed by atoms with E-state index in [0.717, 1.165) is 24.8 Å². The van der Waals surface area contributed by atoms with E-state index in [2.05, 4.69) is 19.9 Å². The highest BCUT2D eigenvalue weighted by molar-refractivity contribution is 5.89. The molecule has 0 bridgehead atoms. The summed E-state index contributed by atoms with van der Waals surface area (Å²) in [5.41, 5.74) is 5.34. The zero-order valence-corrected chi connectivity index (χ0v) is 10.9. The van der Waals surface area contributed by atoms with Gasteiger partial charge in [-0.05, 0) is 50.3 Å². The first-order chi connectivity index (χ1) is 8.59. The van der Waals surface area contributed by atoms with Gasteiger partial charge in [-0.3, -0.25) is 0 Å². The van der Waals surface area contributed by atoms with Crippen LogP contribution in [0, 0.1) is 0 Å². The van der Waals surface area contributed by atoms with Crippen molar-refractivity contribution in [2.24, 2.45) is 0 Å². The molecule has 0 amide bonds. The topological polar surface area (TPSA) is 37.3 Å². The average Bonchev–Trinajstić information content (AvgIpc) is 2.35. The van der Waals surface area contributed by atoms with Gasteiger partial charge in [0.15, 0.2) is 0 Å². The first kappa shape index (κ1) is 12.6. The van der Waals surface area contributed by atoms with Gasteiger partial charge in [0.25, 0.3) is 0 Å². The van der Waals surface area contributed by atoms with Crippen molar-refractivity contribution in [3.8, 4) is 0 Å². The van der Waals surface area contributed by atoms with Crippen LogP contribution < -0.4 is 0 Å². The molecule has 1 N–H and O–H groups in total. The first-order valence-electron chi connectivity index (χ1n) is 6.26. The highest BCUT2D eigenvalue weighted by atomic mass is 16.4. The largest absolute Gasteiger partial charge is 0.478 e. The molecule has 0 spiro atoms. The van der Waals surface area contributed by atoms with Gasteiger partial charge in [-0.2, -0.15) is 0 Å². The summed E-state index contributed by atoms with van der Waals surface area (Å²) in [7, 11) is 0. The van der Waals surface area contributed by atoms with Crippen LogP contribution in [0.15, 0.2) is 47.1 Å². The molecule has 0 atom stereocenters. The molecule has 1 aromatic rings. The van der Waals surface area contributed by atoms with Gasteiger partial charge in [0.1, 0.15) is 0 Å². The predicted octanol–water partition coefficient (Wildman–Crippen LogP) is 3.98. The lowest BCUT2D eigenvalue weighted by Crippen LogP contribution is -2.06. The molecule has 2 nitrogen and oxygen atoms in total. The Balaban J connectivity index is 2.33. The zero-order valence-electron chi connectivity index (χ0n) is 10.9. The van der Waals surface area contributed by atoms with E-state index < -0.39 is 5.97 Å². The van der Waals surface area contributed by atoms with Crippen molar-refractivity contribution >= 4 is 5.97 Å². The third kappa shape index (κ3) is 2.53. The van der Waals surface area contributed by atoms with E-state index in [4.69, 9.17) is 0 Å². The Morgan fingerprint density at radius 3 is 2.72 bits per heavy atom. The molecule has 1 aromatic carbocycles. The lowest BCUT2D eigenvalue weighted by atomic mass is 9.88. The minimum absolute atomic E-state index is 0.421. The summed E-state index contributed by atoms with van der Waals surface area (Å²) < 4.78 is 0. The van der Waals surface area contributed by atoms with Crippen LogP contribution in [0.2, 0.25) is 0 Å². The van der Waals surface area contributed by atoms with Gasteiger partial charge in [-0.1, -0.05) is 35.4 Å². The lowest BCUT2D eigenvalue weighted by molar-refractivity contribution is 0.0696. The normalized spacial score (nSPS) is 15.6. The second-order valence-electron chi connectivity index (χ2n) is 4.79. The highest BCUT2D eigenvalue weighted by Crippen LogP contribution is 2.28. The molecule has 0 fully saturated rings. The van der Waals surface area contributed by atoms with E-state index in [1.165, 1.54) is 16.7 Å². The predicted molar refractivity (Wildman–Crippen MR) is 72.8 cm³/mol. The Bertz CT molecular complexity index is 536. The van der Waals surface area contributed by atoms with E-state index in [-0.39, 0.29) is 0 Å². The van der Waals surface area contributed by atoms with Crippen LogP contribution in [0.4, 0.5) is 0 Å². The Hall–Kier alpha value is -1.83. The van der Waals surface area contributed by atoms with Gasteiger partial charge in [0.2, 0.25) is 0 Å². The van der Waals surface area contributed by atoms with Crippen LogP contribution in [0.3, 0.4) is 0 Å². The molecule has 0 saturated heterocycles. The van der Waals surface area contributed by atoms with E-state index in [9.17, 15) is 9.90 Å². The summed E-state index contributed by atoms with van der Waals surface area (Å²) in [6, 6.07) is 7.28. The summed E-state index contributed by atoms with van der Waals surface area (Å²) in [6.45, 7) is 4.25. The fourth-order valence-corrected chi connectivity index (χ4v) is 2.42. The van der Waals surface area contributed by atoms with Crippen LogP contribution in [0.1, 0.15) is 42.6 Å². The number of carboxylic acids is 1. The molecular weight excluding hydrogens is 224 g/mol. The molecule has 2 rings (SSSR count). The van der Waals surface area contributed by atoms with E-state index in [1.54, 1.807) is 12.1 Å². The van der Waals surface area contributed by atoms with Crippen LogP contribution in [-0.4, -0.2) is 11.1 Å². The summed E-state index contributed by atoms with van der Waals surface area (Å²) >= 11 is 0. The molecule has 0 heterocycles. The molecule has 1 aliphatic rings. The number of aromatic carboxylic acids is 1. The SMILES string of the molecule is CC1=CCCC(Cc2ccccc2C(=O)O)=C1C. The first-order valence-corrected chi connectivity index (χ1v) is 6.26. The number of benzene rings is 1. The van der Waals surface area contributed by atoms with Crippen molar-refractivity contribution in [2.45, 2.75) is 33.1 Å². The number of hydrogen-bond donors (Lipinski definition) is 1. The summed E-state index contributed by atoms with van der Waals surface area (Å²) in [6.07, 6.45) is 5.10. The summed E-state index contributed by atoms with van der Waals surface area (Å²) in [5.74, 6) is -0.841. The van der Waals surface area contributed by atoms with Crippen molar-refractivity contribution in [3.05, 3.63) is 58.2 Å². The molecule has 0 saturated carbocycles. The van der Waals surface area contributed by atoms with Crippen molar-refractivity contribution in [3.63, 3.8) is 0 Å². The number of carbonyl (C=O) groups is 1. The zero-order chi connectivity index (χ0) is 13.1. The fourth-order valence-electron chi connectivity index (χ4n) is 2.42. The van der Waals surface area contributed by atoms with Crippen molar-refractivity contribution < 1.29 is 9.90 Å². The van der Waals surface area contributed by atoms with Crippen molar-refractivity contribution in [1.29, 1.82) is 0 Å². The molecular formula is C16H18O2. The monoisotopic (exact) mass is 242 g/mol. The standard InChI is InChI=1S/C16H18O2/c1-11-6-5-8-13(12(11)2)10-14-7-3-4-9-15(14)16(17)18/h3-4,6-7,9H,5,8,10H2,1-2H3,(H,17,18). The molecule has 94 valence electrons. The maximum absolute atomic E-state index is 11.2. The van der Waals surface area contributed by atoms with Crippen LogP contribution in [0.5, 0.6) is 0 Å². The second kappa shape index (κ2) is 5.21. The molecule has 0 aromatic heterocycles. The molecule has 0 aliphatic heterocycles. The third-order valence-electron chi connectivity index (χ3n) is 3.67. The van der Waals surface area contributed by atoms with Gasteiger partial charge in [0, 0.05) is 0 Å². The number of carboxylic acid groups (broad SMARTS) is 1. The smallest absolute Gasteiger partial charge is 0.335 e. The van der Waals surface area contributed by atoms with Gasteiger partial charge < -0.3 is 5.11 Å². The van der Waals surface area contributed by atoms with Gasteiger partial charge >= 0.3 is 5.97 Å². The highest BCUT2D eigenvalue weighted by Gasteiger charge is 2.14. The molecule has 2 heteroatoms. The van der Waals surface area contributed by atoms with Crippen LogP contribution in [-0.2, 0) is 6.42 Å². The molecule has 1 aliphatic carbocycles. The Morgan fingerprint density at radius 1 is 1.28 bits per heavy atom. The Labute approximate surface area is 108 Å². The average molecular weight is 242 g/mol. The maximum atomic E-state index is 11.2. The molecule has 0 unspecified atom stereocenters. The lowest BCUT2D eigenvalue weighted by Gasteiger charge is -2.18. The van der Waals surface area contributed by atoms with Crippen molar-refractivity contribution in [1.82, 2.24) is 0 Å². The van der Waals surface area contributed by atoms with Crippen molar-refractivity contribution in [2.75, 3.05) is 0 Å². The number of hydrogen-bond acceptors (Lipinski definition) is 1. The summed E-state index contributed by atoms with van der Waals surface area (Å²) in [5, 5.41) is 9.19. The number of allylic oxidation sites excluding steroid dienone is 4. The Morgan fingerprint density at radius 2 is 2.00 bits per heavy atom. The maximum Gasteiger partial charge on any atom is 0.335 e. The van der Waals surface area contributed by atoms with Gasteiger partial charge in [-0.15, -0.1) is 0 Å². The molecule has 18 heavy (non-hydrogen) atoms. The minimum atomic E-state index is -0.841. The van der Waals surface area contributed by atoms with E-state index in [0.29, 0.717) is 5.56 Å². The van der Waals surface area contributed by atoms with E-state index >= 15 is 0 Å². The van der Waals surface area contributed by atoms with Crippen LogP contribution in [0.25, 0.3) is 0 Å². The minimum Gasteiger partial charge on any atom is -0.478 e.